The minimum atomic E-state index is 0.325. The van der Waals surface area contributed by atoms with Gasteiger partial charge in [-0.05, 0) is 19.1 Å². The lowest BCUT2D eigenvalue weighted by molar-refractivity contribution is 0.0989. The molecule has 2 rings (SSSR count). The number of nitrogens with zero attached hydrogens (tertiary/aromatic N) is 2. The Morgan fingerprint density at radius 1 is 1.69 bits per heavy atom. The van der Waals surface area contributed by atoms with Crippen LogP contribution in [0.2, 0.25) is 0 Å². The van der Waals surface area contributed by atoms with E-state index in [1.807, 2.05) is 12.1 Å². The van der Waals surface area contributed by atoms with Crippen molar-refractivity contribution in [2.24, 2.45) is 5.73 Å². The maximum Gasteiger partial charge on any atom is 0.124 e. The average molecular weight is 237 g/mol. The first-order valence-electron chi connectivity index (χ1n) is 5.29. The summed E-state index contributed by atoms with van der Waals surface area (Å²) in [5.74, 6) is 0. The molecule has 0 aromatic carbocycles. The molecule has 86 valence electrons. The summed E-state index contributed by atoms with van der Waals surface area (Å²) in [6, 6.07) is 4.23. The van der Waals surface area contributed by atoms with Crippen LogP contribution in [0.3, 0.4) is 0 Å². The third-order valence-corrected chi connectivity index (χ3v) is 2.89. The third-order valence-electron chi connectivity index (χ3n) is 2.70. The van der Waals surface area contributed by atoms with Crippen LogP contribution in [0.1, 0.15) is 12.6 Å². The summed E-state index contributed by atoms with van der Waals surface area (Å²) in [7, 11) is 0. The summed E-state index contributed by atoms with van der Waals surface area (Å²) in [6.45, 7) is 4.43. The zero-order chi connectivity index (χ0) is 11.5. The fourth-order valence-electron chi connectivity index (χ4n) is 1.90. The Balaban J connectivity index is 2.34. The first-order chi connectivity index (χ1) is 7.70. The Morgan fingerprint density at radius 2 is 2.50 bits per heavy atom. The molecular weight excluding hydrogens is 222 g/mol. The van der Waals surface area contributed by atoms with E-state index in [0.29, 0.717) is 16.7 Å². The van der Waals surface area contributed by atoms with Gasteiger partial charge in [0.05, 0.1) is 18.9 Å². The Kier molecular flexibility index (Phi) is 3.36. The summed E-state index contributed by atoms with van der Waals surface area (Å²) >= 11 is 5.01. The van der Waals surface area contributed by atoms with Crippen molar-refractivity contribution in [3.8, 4) is 0 Å². The first-order valence-corrected chi connectivity index (χ1v) is 5.70. The molecule has 2 heterocycles. The quantitative estimate of drug-likeness (QED) is 0.776. The second-order valence-corrected chi connectivity index (χ2v) is 4.29. The van der Waals surface area contributed by atoms with E-state index < -0.39 is 0 Å². The predicted molar refractivity (Wildman–Crippen MR) is 67.8 cm³/mol. The molecule has 1 aliphatic rings. The Morgan fingerprint density at radius 3 is 3.19 bits per heavy atom. The number of morpholine rings is 1. The van der Waals surface area contributed by atoms with Crippen LogP contribution in [0.15, 0.2) is 18.3 Å². The lowest BCUT2D eigenvalue weighted by Gasteiger charge is -2.35. The van der Waals surface area contributed by atoms with E-state index in [4.69, 9.17) is 22.7 Å². The summed E-state index contributed by atoms with van der Waals surface area (Å²) in [4.78, 5) is 6.82. The largest absolute Gasteiger partial charge is 0.388 e. The summed E-state index contributed by atoms with van der Waals surface area (Å²) in [5, 5.41) is 0. The van der Waals surface area contributed by atoms with Crippen molar-refractivity contribution in [3.63, 3.8) is 0 Å². The number of hydrogen-bond acceptors (Lipinski definition) is 4. The van der Waals surface area contributed by atoms with Crippen LogP contribution in [-0.2, 0) is 4.74 Å². The Hall–Kier alpha value is -1.20. The van der Waals surface area contributed by atoms with E-state index >= 15 is 0 Å². The molecule has 1 unspecified atom stereocenters. The van der Waals surface area contributed by atoms with E-state index in [0.717, 1.165) is 25.4 Å². The zero-order valence-electron chi connectivity index (χ0n) is 9.22. The van der Waals surface area contributed by atoms with Crippen molar-refractivity contribution in [1.29, 1.82) is 0 Å². The van der Waals surface area contributed by atoms with Gasteiger partial charge in [0, 0.05) is 18.8 Å². The minimum Gasteiger partial charge on any atom is -0.388 e. The molecule has 1 atom stereocenters. The molecule has 1 saturated heterocycles. The van der Waals surface area contributed by atoms with Crippen LogP contribution in [-0.4, -0.2) is 35.8 Å². The normalized spacial score (nSPS) is 20.8. The third kappa shape index (κ3) is 2.15. The Labute approximate surface area is 100 Å². The lowest BCUT2D eigenvalue weighted by Crippen LogP contribution is -2.44. The van der Waals surface area contributed by atoms with E-state index in [9.17, 15) is 0 Å². The maximum atomic E-state index is 5.68. The van der Waals surface area contributed by atoms with E-state index in [1.54, 1.807) is 6.20 Å². The van der Waals surface area contributed by atoms with Gasteiger partial charge in [0.15, 0.2) is 0 Å². The molecule has 1 aliphatic heterocycles. The number of ether oxygens (including phenoxy) is 1. The highest BCUT2D eigenvalue weighted by Gasteiger charge is 2.22. The number of rotatable bonds is 2. The number of pyridine rings is 1. The number of anilines is 1. The average Bonchev–Trinajstić information content (AvgIpc) is 2.29. The molecule has 16 heavy (non-hydrogen) atoms. The number of hydrogen-bond donors (Lipinski definition) is 1. The van der Waals surface area contributed by atoms with Crippen molar-refractivity contribution >= 4 is 22.9 Å². The monoisotopic (exact) mass is 237 g/mol. The van der Waals surface area contributed by atoms with Gasteiger partial charge in [0.2, 0.25) is 0 Å². The summed E-state index contributed by atoms with van der Waals surface area (Å²) < 4.78 is 5.41. The highest BCUT2D eigenvalue weighted by atomic mass is 32.1. The van der Waals surface area contributed by atoms with Gasteiger partial charge in [0.1, 0.15) is 10.7 Å². The summed E-state index contributed by atoms with van der Waals surface area (Å²) in [5.41, 5.74) is 7.38. The molecule has 1 fully saturated rings. The van der Waals surface area contributed by atoms with Gasteiger partial charge in [-0.1, -0.05) is 12.2 Å². The smallest absolute Gasteiger partial charge is 0.124 e. The van der Waals surface area contributed by atoms with Crippen molar-refractivity contribution in [1.82, 2.24) is 4.98 Å². The summed E-state index contributed by atoms with van der Waals surface area (Å²) in [6.07, 6.45) is 1.71. The fraction of sp³-hybridized carbons (Fsp3) is 0.455. The molecule has 4 nitrogen and oxygen atoms in total. The molecule has 0 spiro atoms. The molecule has 0 bridgehead atoms. The molecule has 0 aliphatic carbocycles. The number of aromatic nitrogens is 1. The minimum absolute atomic E-state index is 0.325. The van der Waals surface area contributed by atoms with Gasteiger partial charge < -0.3 is 15.4 Å². The van der Waals surface area contributed by atoms with Crippen LogP contribution in [0, 0.1) is 0 Å². The molecule has 1 aromatic rings. The molecule has 0 amide bonds. The van der Waals surface area contributed by atoms with Crippen LogP contribution < -0.4 is 10.6 Å². The van der Waals surface area contributed by atoms with Crippen molar-refractivity contribution in [3.05, 3.63) is 24.0 Å². The highest BCUT2D eigenvalue weighted by Crippen LogP contribution is 2.22. The topological polar surface area (TPSA) is 51.4 Å². The highest BCUT2D eigenvalue weighted by molar-refractivity contribution is 7.80. The Bertz CT molecular complexity index is 397. The van der Waals surface area contributed by atoms with Crippen molar-refractivity contribution in [2.75, 3.05) is 24.7 Å². The SMILES string of the molecule is CC1COCCN1c1cccnc1C(N)=S. The van der Waals surface area contributed by atoms with Crippen LogP contribution in [0.4, 0.5) is 5.69 Å². The van der Waals surface area contributed by atoms with Crippen molar-refractivity contribution in [2.45, 2.75) is 13.0 Å². The van der Waals surface area contributed by atoms with Crippen molar-refractivity contribution < 1.29 is 4.74 Å². The molecule has 0 saturated carbocycles. The maximum absolute atomic E-state index is 5.68. The molecule has 5 heteroatoms. The molecule has 0 radical (unpaired) electrons. The van der Waals surface area contributed by atoms with Crippen LogP contribution >= 0.6 is 12.2 Å². The van der Waals surface area contributed by atoms with Crippen LogP contribution in [0.5, 0.6) is 0 Å². The fourth-order valence-corrected chi connectivity index (χ4v) is 2.06. The van der Waals surface area contributed by atoms with Gasteiger partial charge in [-0.2, -0.15) is 0 Å². The number of thiocarbonyl (C=S) groups is 1. The van der Waals surface area contributed by atoms with Gasteiger partial charge in [-0.3, -0.25) is 4.98 Å². The molecule has 1 aromatic heterocycles. The lowest BCUT2D eigenvalue weighted by atomic mass is 10.2. The van der Waals surface area contributed by atoms with Crippen LogP contribution in [0.25, 0.3) is 0 Å². The van der Waals surface area contributed by atoms with Gasteiger partial charge in [-0.15, -0.1) is 0 Å². The predicted octanol–water partition coefficient (Wildman–Crippen LogP) is 0.941. The van der Waals surface area contributed by atoms with Gasteiger partial charge in [-0.25, -0.2) is 0 Å². The standard InChI is InChI=1S/C11H15N3OS/c1-8-7-15-6-5-14(8)9-3-2-4-13-10(9)11(12)16/h2-4,8H,5-7H2,1H3,(H2,12,16). The zero-order valence-corrected chi connectivity index (χ0v) is 10.0. The van der Waals surface area contributed by atoms with E-state index in [1.165, 1.54) is 0 Å². The first kappa shape index (κ1) is 11.3. The molecular formula is C11H15N3OS. The van der Waals surface area contributed by atoms with Gasteiger partial charge >= 0.3 is 0 Å². The second-order valence-electron chi connectivity index (χ2n) is 3.85. The number of nitrogens with two attached hydrogens (primary N) is 1. The van der Waals surface area contributed by atoms with Gasteiger partial charge in [0.25, 0.3) is 0 Å². The second kappa shape index (κ2) is 4.76. The van der Waals surface area contributed by atoms with E-state index in [2.05, 4.69) is 16.8 Å². The molecule has 2 N–H and O–H groups in total. The van der Waals surface area contributed by atoms with E-state index in [-0.39, 0.29) is 0 Å².